The van der Waals surface area contributed by atoms with Crippen LogP contribution >= 0.6 is 15.9 Å². The van der Waals surface area contributed by atoms with Crippen molar-refractivity contribution in [2.24, 2.45) is 0 Å². The molecule has 2 nitrogen and oxygen atoms in total. The maximum atomic E-state index is 11.8. The van der Waals surface area contributed by atoms with Gasteiger partial charge < -0.3 is 4.74 Å². The fourth-order valence-corrected chi connectivity index (χ4v) is 2.48. The summed E-state index contributed by atoms with van der Waals surface area (Å²) in [5.74, 6) is -0.257. The Bertz CT molecular complexity index is 549. The number of carbonyl (C=O) groups excluding carboxylic acids is 1. The van der Waals surface area contributed by atoms with E-state index in [1.807, 2.05) is 43.3 Å². The van der Waals surface area contributed by atoms with Gasteiger partial charge in [-0.3, -0.25) is 0 Å². The lowest BCUT2D eigenvalue weighted by Crippen LogP contribution is -2.07. The lowest BCUT2D eigenvalue weighted by atomic mass is 10.0. The summed E-state index contributed by atoms with van der Waals surface area (Å²) in [5.41, 5.74) is 1.63. The Morgan fingerprint density at radius 2 is 2.00 bits per heavy atom. The quantitative estimate of drug-likeness (QED) is 0.633. The molecule has 0 fully saturated rings. The van der Waals surface area contributed by atoms with Gasteiger partial charge >= 0.3 is 5.97 Å². The minimum absolute atomic E-state index is 0.257. The number of alkyl halides is 1. The fourth-order valence-electron chi connectivity index (χ4n) is 1.88. The zero-order chi connectivity index (χ0) is 12.3. The average Bonchev–Trinajstić information content (AvgIpc) is 2.37. The first-order chi connectivity index (χ1) is 8.27. The van der Waals surface area contributed by atoms with Gasteiger partial charge in [-0.1, -0.05) is 46.3 Å². The van der Waals surface area contributed by atoms with Crippen molar-refractivity contribution in [3.8, 4) is 0 Å². The number of esters is 1. The smallest absolute Gasteiger partial charge is 0.338 e. The molecule has 0 amide bonds. The molecule has 88 valence electrons. The third-order valence-electron chi connectivity index (χ3n) is 2.67. The maximum Gasteiger partial charge on any atom is 0.338 e. The van der Waals surface area contributed by atoms with Crippen molar-refractivity contribution in [1.29, 1.82) is 0 Å². The predicted octanol–water partition coefficient (Wildman–Crippen LogP) is 3.91. The van der Waals surface area contributed by atoms with Crippen LogP contribution in [-0.2, 0) is 10.1 Å². The molecule has 0 heterocycles. The lowest BCUT2D eigenvalue weighted by molar-refractivity contribution is 0.0525. The Morgan fingerprint density at radius 3 is 2.71 bits per heavy atom. The van der Waals surface area contributed by atoms with Crippen LogP contribution in [0.25, 0.3) is 10.8 Å². The molecule has 0 spiro atoms. The normalized spacial score (nSPS) is 10.5. The molecular weight excluding hydrogens is 280 g/mol. The van der Waals surface area contributed by atoms with E-state index in [1.165, 1.54) is 0 Å². The third kappa shape index (κ3) is 2.34. The minimum atomic E-state index is -0.257. The van der Waals surface area contributed by atoms with Gasteiger partial charge in [-0.05, 0) is 29.3 Å². The van der Waals surface area contributed by atoms with Crippen LogP contribution in [-0.4, -0.2) is 12.6 Å². The first-order valence-electron chi connectivity index (χ1n) is 5.51. The number of carbonyl (C=O) groups is 1. The summed E-state index contributed by atoms with van der Waals surface area (Å²) in [6.07, 6.45) is 0. The second-order valence-electron chi connectivity index (χ2n) is 3.67. The third-order valence-corrected chi connectivity index (χ3v) is 3.23. The molecule has 0 saturated carbocycles. The van der Waals surface area contributed by atoms with Crippen molar-refractivity contribution in [3.63, 3.8) is 0 Å². The van der Waals surface area contributed by atoms with Crippen molar-refractivity contribution in [2.75, 3.05) is 6.61 Å². The van der Waals surface area contributed by atoms with Crippen LogP contribution in [0.1, 0.15) is 22.8 Å². The lowest BCUT2D eigenvalue weighted by Gasteiger charge is -2.10. The van der Waals surface area contributed by atoms with Gasteiger partial charge in [0, 0.05) is 5.33 Å². The Balaban J connectivity index is 2.60. The van der Waals surface area contributed by atoms with Crippen molar-refractivity contribution >= 4 is 32.7 Å². The fraction of sp³-hybridized carbons (Fsp3) is 0.214. The highest BCUT2D eigenvalue weighted by molar-refractivity contribution is 9.08. The molecule has 0 radical (unpaired) electrons. The van der Waals surface area contributed by atoms with E-state index in [2.05, 4.69) is 15.9 Å². The van der Waals surface area contributed by atoms with Gasteiger partial charge in [0.15, 0.2) is 0 Å². The van der Waals surface area contributed by atoms with Gasteiger partial charge in [0.05, 0.1) is 12.2 Å². The van der Waals surface area contributed by atoms with Crippen molar-refractivity contribution in [2.45, 2.75) is 12.3 Å². The number of benzene rings is 2. The number of hydrogen-bond donors (Lipinski definition) is 0. The van der Waals surface area contributed by atoms with Gasteiger partial charge in [-0.25, -0.2) is 4.79 Å². The first-order valence-corrected chi connectivity index (χ1v) is 6.63. The molecule has 0 N–H and O–H groups in total. The molecule has 3 heteroatoms. The van der Waals surface area contributed by atoms with Crippen molar-refractivity contribution < 1.29 is 9.53 Å². The minimum Gasteiger partial charge on any atom is -0.462 e. The van der Waals surface area contributed by atoms with Gasteiger partial charge in [-0.2, -0.15) is 0 Å². The molecule has 0 saturated heterocycles. The highest BCUT2D eigenvalue weighted by Gasteiger charge is 2.13. The van der Waals surface area contributed by atoms with Crippen LogP contribution in [0.5, 0.6) is 0 Å². The highest BCUT2D eigenvalue weighted by atomic mass is 79.9. The van der Waals surface area contributed by atoms with Crippen molar-refractivity contribution in [1.82, 2.24) is 0 Å². The molecule has 0 aliphatic heterocycles. The molecule has 0 aromatic heterocycles. The van der Waals surface area contributed by atoms with E-state index in [4.69, 9.17) is 4.74 Å². The van der Waals surface area contributed by atoms with E-state index in [0.29, 0.717) is 17.5 Å². The number of ether oxygens (including phenoxy) is 1. The van der Waals surface area contributed by atoms with Crippen LogP contribution in [0, 0.1) is 0 Å². The Hall–Kier alpha value is -1.35. The summed E-state index contributed by atoms with van der Waals surface area (Å²) in [6.45, 7) is 2.21. The predicted molar refractivity (Wildman–Crippen MR) is 72.5 cm³/mol. The zero-order valence-corrected chi connectivity index (χ0v) is 11.2. The standard InChI is InChI=1S/C14H13BrO2/c1-2-17-14(16)12-8-7-10-5-3-4-6-11(10)13(12)9-15/h3-8H,2,9H2,1H3. The number of fused-ring (bicyclic) bond motifs is 1. The number of halogens is 1. The molecule has 0 aliphatic carbocycles. The number of rotatable bonds is 3. The van der Waals surface area contributed by atoms with E-state index in [-0.39, 0.29) is 5.97 Å². The van der Waals surface area contributed by atoms with Gasteiger partial charge in [0.2, 0.25) is 0 Å². The first kappa shape index (κ1) is 12.1. The Kier molecular flexibility index (Phi) is 3.79. The summed E-state index contributed by atoms with van der Waals surface area (Å²) < 4.78 is 5.06. The van der Waals surface area contributed by atoms with Gasteiger partial charge in [0.1, 0.15) is 0 Å². The van der Waals surface area contributed by atoms with Crippen LogP contribution in [0.3, 0.4) is 0 Å². The maximum absolute atomic E-state index is 11.8. The van der Waals surface area contributed by atoms with Crippen LogP contribution in [0.2, 0.25) is 0 Å². The SMILES string of the molecule is CCOC(=O)c1ccc2ccccc2c1CBr. The summed E-state index contributed by atoms with van der Waals surface area (Å²) in [5, 5.41) is 2.87. The summed E-state index contributed by atoms with van der Waals surface area (Å²) in [7, 11) is 0. The van der Waals surface area contributed by atoms with E-state index in [1.54, 1.807) is 0 Å². The van der Waals surface area contributed by atoms with E-state index >= 15 is 0 Å². The molecular formula is C14H13BrO2. The molecule has 2 aromatic rings. The van der Waals surface area contributed by atoms with E-state index < -0.39 is 0 Å². The molecule has 0 aliphatic rings. The highest BCUT2D eigenvalue weighted by Crippen LogP contribution is 2.25. The van der Waals surface area contributed by atoms with Crippen LogP contribution < -0.4 is 0 Å². The monoisotopic (exact) mass is 292 g/mol. The summed E-state index contributed by atoms with van der Waals surface area (Å²) in [6, 6.07) is 11.8. The Morgan fingerprint density at radius 1 is 1.24 bits per heavy atom. The topological polar surface area (TPSA) is 26.3 Å². The van der Waals surface area contributed by atoms with Crippen molar-refractivity contribution in [3.05, 3.63) is 47.5 Å². The summed E-state index contributed by atoms with van der Waals surface area (Å²) >= 11 is 3.44. The molecule has 0 bridgehead atoms. The summed E-state index contributed by atoms with van der Waals surface area (Å²) in [4.78, 5) is 11.8. The van der Waals surface area contributed by atoms with Crippen LogP contribution in [0.15, 0.2) is 36.4 Å². The Labute approximate surface area is 109 Å². The molecule has 2 rings (SSSR count). The second-order valence-corrected chi connectivity index (χ2v) is 4.23. The van der Waals surface area contributed by atoms with E-state index in [0.717, 1.165) is 16.3 Å². The largest absolute Gasteiger partial charge is 0.462 e. The molecule has 2 aromatic carbocycles. The van der Waals surface area contributed by atoms with E-state index in [9.17, 15) is 4.79 Å². The molecule has 0 unspecified atom stereocenters. The average molecular weight is 293 g/mol. The second kappa shape index (κ2) is 5.32. The molecule has 17 heavy (non-hydrogen) atoms. The zero-order valence-electron chi connectivity index (χ0n) is 9.57. The number of hydrogen-bond acceptors (Lipinski definition) is 2. The molecule has 0 atom stereocenters. The van der Waals surface area contributed by atoms with Crippen LogP contribution in [0.4, 0.5) is 0 Å². The van der Waals surface area contributed by atoms with Gasteiger partial charge in [-0.15, -0.1) is 0 Å². The van der Waals surface area contributed by atoms with Gasteiger partial charge in [0.25, 0.3) is 0 Å².